The third-order valence-corrected chi connectivity index (χ3v) is 6.37. The molecule has 3 heterocycles. The highest BCUT2D eigenvalue weighted by Gasteiger charge is 2.40. The fraction of sp³-hybridized carbons (Fsp3) is 0.391. The first-order chi connectivity index (χ1) is 15.0. The van der Waals surface area contributed by atoms with Gasteiger partial charge in [-0.2, -0.15) is 0 Å². The van der Waals surface area contributed by atoms with Gasteiger partial charge in [0.25, 0.3) is 0 Å². The van der Waals surface area contributed by atoms with Gasteiger partial charge in [0, 0.05) is 37.1 Å². The summed E-state index contributed by atoms with van der Waals surface area (Å²) in [6.07, 6.45) is 0.765. The van der Waals surface area contributed by atoms with Gasteiger partial charge in [0.1, 0.15) is 18.1 Å². The summed E-state index contributed by atoms with van der Waals surface area (Å²) in [5.41, 5.74) is 1.19. The number of amides is 3. The van der Waals surface area contributed by atoms with E-state index in [1.807, 2.05) is 52.3 Å². The van der Waals surface area contributed by atoms with E-state index < -0.39 is 0 Å². The summed E-state index contributed by atoms with van der Waals surface area (Å²) in [5.74, 6) is 1.66. The zero-order valence-corrected chi connectivity index (χ0v) is 17.8. The van der Waals surface area contributed by atoms with Crippen LogP contribution in [-0.4, -0.2) is 66.7 Å². The van der Waals surface area contributed by atoms with Gasteiger partial charge in [0.15, 0.2) is 0 Å². The predicted molar refractivity (Wildman–Crippen MR) is 116 cm³/mol. The molecule has 3 saturated heterocycles. The molecular weight excluding hydrogens is 418 g/mol. The van der Waals surface area contributed by atoms with Crippen molar-refractivity contribution >= 4 is 23.5 Å². The molecular formula is C23H24ClN3O4. The molecule has 0 aromatic heterocycles. The Morgan fingerprint density at radius 3 is 2.65 bits per heavy atom. The molecule has 2 aromatic carbocycles. The molecule has 0 unspecified atom stereocenters. The van der Waals surface area contributed by atoms with Gasteiger partial charge in [-0.15, -0.1) is 0 Å². The fourth-order valence-corrected chi connectivity index (χ4v) is 4.57. The Kier molecular flexibility index (Phi) is 5.46. The Labute approximate surface area is 185 Å². The van der Waals surface area contributed by atoms with Crippen LogP contribution in [0.15, 0.2) is 48.5 Å². The van der Waals surface area contributed by atoms with Gasteiger partial charge < -0.3 is 24.6 Å². The average molecular weight is 442 g/mol. The van der Waals surface area contributed by atoms with Crippen LogP contribution in [0.3, 0.4) is 0 Å². The second-order valence-electron chi connectivity index (χ2n) is 8.27. The van der Waals surface area contributed by atoms with E-state index in [0.29, 0.717) is 42.9 Å². The van der Waals surface area contributed by atoms with Gasteiger partial charge in [0.05, 0.1) is 12.1 Å². The normalized spacial score (nSPS) is 23.6. The Balaban J connectivity index is 1.13. The summed E-state index contributed by atoms with van der Waals surface area (Å²) in [5, 5.41) is 3.58. The Morgan fingerprint density at radius 1 is 1.06 bits per heavy atom. The number of hydrogen-bond donors (Lipinski definition) is 1. The molecule has 31 heavy (non-hydrogen) atoms. The van der Waals surface area contributed by atoms with Gasteiger partial charge in [-0.25, -0.2) is 4.79 Å². The number of piperidine rings is 1. The van der Waals surface area contributed by atoms with Crippen molar-refractivity contribution in [3.05, 3.63) is 59.1 Å². The van der Waals surface area contributed by atoms with Crippen LogP contribution in [0.25, 0.3) is 0 Å². The van der Waals surface area contributed by atoms with Crippen molar-refractivity contribution in [1.29, 1.82) is 0 Å². The van der Waals surface area contributed by atoms with Crippen LogP contribution >= 0.6 is 11.6 Å². The number of likely N-dealkylation sites (tertiary alicyclic amines) is 2. The monoisotopic (exact) mass is 441 g/mol. The highest BCUT2D eigenvalue weighted by molar-refractivity contribution is 6.30. The minimum absolute atomic E-state index is 0.0125. The molecule has 0 spiro atoms. The number of rotatable bonds is 3. The molecule has 3 aliphatic rings. The van der Waals surface area contributed by atoms with E-state index >= 15 is 0 Å². The number of benzene rings is 2. The number of hydrogen-bond acceptors (Lipinski definition) is 4. The van der Waals surface area contributed by atoms with E-state index in [0.717, 1.165) is 12.2 Å². The van der Waals surface area contributed by atoms with Crippen LogP contribution in [0.4, 0.5) is 4.79 Å². The number of nitrogens with zero attached hydrogens (tertiary/aromatic N) is 2. The van der Waals surface area contributed by atoms with E-state index in [-0.39, 0.29) is 30.7 Å². The predicted octanol–water partition coefficient (Wildman–Crippen LogP) is 3.24. The quantitative estimate of drug-likeness (QED) is 0.793. The third kappa shape index (κ3) is 4.34. The molecule has 0 bridgehead atoms. The second kappa shape index (κ2) is 8.40. The van der Waals surface area contributed by atoms with Crippen LogP contribution in [0.5, 0.6) is 11.5 Å². The molecule has 162 valence electrons. The number of urea groups is 1. The minimum atomic E-state index is -0.109. The van der Waals surface area contributed by atoms with Crippen molar-refractivity contribution in [2.45, 2.75) is 24.5 Å². The molecule has 5 rings (SSSR count). The molecule has 3 aliphatic heterocycles. The average Bonchev–Trinajstić information content (AvgIpc) is 2.73. The highest BCUT2D eigenvalue weighted by atomic mass is 35.5. The molecule has 0 saturated carbocycles. The number of fused-ring (bicyclic) bond motifs is 1. The van der Waals surface area contributed by atoms with E-state index in [1.54, 1.807) is 6.07 Å². The van der Waals surface area contributed by atoms with Crippen molar-refractivity contribution in [3.8, 4) is 11.5 Å². The first-order valence-corrected chi connectivity index (χ1v) is 10.9. The number of halogens is 1. The lowest BCUT2D eigenvalue weighted by Crippen LogP contribution is -2.63. The van der Waals surface area contributed by atoms with Crippen LogP contribution in [0.1, 0.15) is 17.9 Å². The van der Waals surface area contributed by atoms with E-state index in [4.69, 9.17) is 21.1 Å². The van der Waals surface area contributed by atoms with E-state index in [1.165, 1.54) is 5.56 Å². The number of ether oxygens (including phenoxy) is 2. The summed E-state index contributed by atoms with van der Waals surface area (Å²) in [6.45, 7) is 2.67. The molecule has 8 heteroatoms. The van der Waals surface area contributed by atoms with E-state index in [9.17, 15) is 9.59 Å². The Bertz CT molecular complexity index is 977. The van der Waals surface area contributed by atoms with Crippen LogP contribution in [0.2, 0.25) is 5.02 Å². The maximum atomic E-state index is 12.9. The standard InChI is InChI=1S/C23H24ClN3O4/c24-17-2-1-3-19(10-17)31-18-6-4-15(5-7-18)16-11-27(12-16)23(29)26-9-8-21-20(13-26)25-22(28)14-30-21/h1-7,10,16,20-21H,8-9,11-14H2,(H,25,28)/t20-,21+/m1/s1. The molecule has 0 radical (unpaired) electrons. The van der Waals surface area contributed by atoms with Crippen molar-refractivity contribution in [3.63, 3.8) is 0 Å². The zero-order valence-electron chi connectivity index (χ0n) is 17.0. The molecule has 2 atom stereocenters. The second-order valence-corrected chi connectivity index (χ2v) is 8.71. The van der Waals surface area contributed by atoms with Gasteiger partial charge in [-0.1, -0.05) is 29.8 Å². The van der Waals surface area contributed by atoms with Gasteiger partial charge in [0.2, 0.25) is 5.91 Å². The zero-order chi connectivity index (χ0) is 21.4. The van der Waals surface area contributed by atoms with Gasteiger partial charge in [-0.3, -0.25) is 4.79 Å². The van der Waals surface area contributed by atoms with Gasteiger partial charge >= 0.3 is 6.03 Å². The topological polar surface area (TPSA) is 71.1 Å². The molecule has 3 fully saturated rings. The lowest BCUT2D eigenvalue weighted by atomic mass is 9.91. The SMILES string of the molecule is O=C1CO[C@H]2CCN(C(=O)N3CC(c4ccc(Oc5cccc(Cl)c5)cc4)C3)C[C@H]2N1. The first kappa shape index (κ1) is 20.2. The smallest absolute Gasteiger partial charge is 0.320 e. The van der Waals surface area contributed by atoms with Crippen molar-refractivity contribution in [1.82, 2.24) is 15.1 Å². The molecule has 7 nitrogen and oxygen atoms in total. The van der Waals surface area contributed by atoms with Gasteiger partial charge in [-0.05, 0) is 42.3 Å². The molecule has 2 aromatic rings. The third-order valence-electron chi connectivity index (χ3n) is 6.13. The lowest BCUT2D eigenvalue weighted by Gasteiger charge is -2.46. The summed E-state index contributed by atoms with van der Waals surface area (Å²) >= 11 is 6.00. The van der Waals surface area contributed by atoms with Crippen molar-refractivity contribution < 1.29 is 19.1 Å². The number of carbonyl (C=O) groups excluding carboxylic acids is 2. The summed E-state index contributed by atoms with van der Waals surface area (Å²) in [7, 11) is 0. The summed E-state index contributed by atoms with van der Waals surface area (Å²) in [6, 6.07) is 15.2. The first-order valence-electron chi connectivity index (χ1n) is 10.5. The number of carbonyl (C=O) groups is 2. The molecule has 3 amide bonds. The van der Waals surface area contributed by atoms with Crippen LogP contribution < -0.4 is 10.1 Å². The lowest BCUT2D eigenvalue weighted by molar-refractivity contribution is -0.139. The number of morpholine rings is 1. The molecule has 0 aliphatic carbocycles. The Morgan fingerprint density at radius 2 is 1.87 bits per heavy atom. The largest absolute Gasteiger partial charge is 0.457 e. The van der Waals surface area contributed by atoms with Crippen molar-refractivity contribution in [2.75, 3.05) is 32.8 Å². The van der Waals surface area contributed by atoms with Crippen LogP contribution in [0, 0.1) is 0 Å². The Hall–Kier alpha value is -2.77. The number of nitrogens with one attached hydrogen (secondary N) is 1. The maximum Gasteiger partial charge on any atom is 0.320 e. The minimum Gasteiger partial charge on any atom is -0.457 e. The summed E-state index contributed by atoms with van der Waals surface area (Å²) < 4.78 is 11.4. The fourth-order valence-electron chi connectivity index (χ4n) is 4.39. The summed E-state index contributed by atoms with van der Waals surface area (Å²) in [4.78, 5) is 28.1. The van der Waals surface area contributed by atoms with E-state index in [2.05, 4.69) is 5.32 Å². The highest BCUT2D eigenvalue weighted by Crippen LogP contribution is 2.31. The maximum absolute atomic E-state index is 12.9. The van der Waals surface area contributed by atoms with Crippen molar-refractivity contribution in [2.24, 2.45) is 0 Å². The molecule has 1 N–H and O–H groups in total. The van der Waals surface area contributed by atoms with Crippen LogP contribution in [-0.2, 0) is 9.53 Å².